The number of carbonyl (C=O) groups excluding carboxylic acids is 2. The Morgan fingerprint density at radius 3 is 2.11 bits per heavy atom. The summed E-state index contributed by atoms with van der Waals surface area (Å²) in [5.74, 6) is 5.71. The number of carbonyl (C=O) groups is 2. The van der Waals surface area contributed by atoms with E-state index in [1.807, 2.05) is 66.7 Å². The number of aliphatic hydroxyl groups is 1. The van der Waals surface area contributed by atoms with Gasteiger partial charge in [-0.3, -0.25) is 4.79 Å². The van der Waals surface area contributed by atoms with Gasteiger partial charge in [-0.25, -0.2) is 4.79 Å². The van der Waals surface area contributed by atoms with E-state index in [0.29, 0.717) is 43.2 Å². The summed E-state index contributed by atoms with van der Waals surface area (Å²) in [6.07, 6.45) is 16.1. The van der Waals surface area contributed by atoms with Gasteiger partial charge in [0.25, 0.3) is 0 Å². The predicted octanol–water partition coefficient (Wildman–Crippen LogP) is 13.2. The summed E-state index contributed by atoms with van der Waals surface area (Å²) in [6, 6.07) is 25.9. The minimum Gasteiger partial charge on any atom is -0.497 e. The summed E-state index contributed by atoms with van der Waals surface area (Å²) < 4.78 is 24.1. The molecular formula is C61H88N2O7. The van der Waals surface area contributed by atoms with Crippen LogP contribution < -0.4 is 14.8 Å². The molecule has 1 saturated heterocycles. The number of unbranched alkanes of at least 4 members (excludes halogenated alkanes) is 2. The second-order valence-electron chi connectivity index (χ2n) is 22.8. The van der Waals surface area contributed by atoms with E-state index in [2.05, 4.69) is 72.0 Å². The molecule has 3 aromatic rings. The highest BCUT2D eigenvalue weighted by molar-refractivity contribution is 5.76. The standard InChI is InChI=1S/C61H88N2O7/c1-10-54(43(4)19-17-18-42(2)3)59(6)36-34-55-53(44(59)5)32-27-49-38-52(33-35-60(49,55)7)70-58(66)62-37-16-12-15-22-57(65)63-39-45(56(64)40-63)41-69-61(46-20-13-11-14-21-46,47-23-28-50(67-8)29-24-47)48-25-30-51(68-9)31-26-48/h11,13-14,20-21,23-31,42-45,52-56,64H,10,12,15-19,22,32-41H2,1-9H3,(H,62,66)/t43?,44?,45?,52-,53?,54+,55?,56?,59-,60-/m0/s1. The van der Waals surface area contributed by atoms with Crippen molar-refractivity contribution in [1.82, 2.24) is 10.2 Å². The van der Waals surface area contributed by atoms with Gasteiger partial charge in [0, 0.05) is 38.4 Å². The molecular weight excluding hydrogens is 873 g/mol. The molecule has 3 fully saturated rings. The van der Waals surface area contributed by atoms with Crippen molar-refractivity contribution in [2.45, 2.75) is 156 Å². The zero-order valence-corrected chi connectivity index (χ0v) is 44.4. The van der Waals surface area contributed by atoms with Crippen LogP contribution in [0.3, 0.4) is 0 Å². The molecule has 9 heteroatoms. The largest absolute Gasteiger partial charge is 0.497 e. The molecule has 3 aliphatic carbocycles. The smallest absolute Gasteiger partial charge is 0.407 e. The summed E-state index contributed by atoms with van der Waals surface area (Å²) in [5, 5.41) is 14.3. The van der Waals surface area contributed by atoms with Gasteiger partial charge in [0.15, 0.2) is 0 Å². The van der Waals surface area contributed by atoms with Gasteiger partial charge >= 0.3 is 6.09 Å². The number of alkyl carbamates (subject to hydrolysis) is 1. The summed E-state index contributed by atoms with van der Waals surface area (Å²) >= 11 is 0. The van der Waals surface area contributed by atoms with Gasteiger partial charge < -0.3 is 34.3 Å². The molecule has 0 spiro atoms. The van der Waals surface area contributed by atoms with Crippen LogP contribution in [0.5, 0.6) is 11.5 Å². The first kappa shape index (κ1) is 53.5. The number of nitrogens with one attached hydrogen (secondary N) is 1. The Kier molecular flexibility index (Phi) is 18.3. The molecule has 3 aromatic carbocycles. The number of benzene rings is 3. The number of hydrogen-bond donors (Lipinski definition) is 2. The average Bonchev–Trinajstić information content (AvgIpc) is 3.74. The lowest BCUT2D eigenvalue weighted by molar-refractivity contribution is -0.130. The average molecular weight is 961 g/mol. The van der Waals surface area contributed by atoms with Gasteiger partial charge in [-0.1, -0.05) is 147 Å². The van der Waals surface area contributed by atoms with Crippen molar-refractivity contribution in [3.8, 4) is 11.5 Å². The van der Waals surface area contributed by atoms with Crippen molar-refractivity contribution in [2.75, 3.05) is 40.5 Å². The highest BCUT2D eigenvalue weighted by Gasteiger charge is 2.55. The minimum absolute atomic E-state index is 0.0326. The Balaban J connectivity index is 0.851. The molecule has 7 rings (SSSR count). The van der Waals surface area contributed by atoms with Gasteiger partial charge in [-0.2, -0.15) is 0 Å². The van der Waals surface area contributed by atoms with Crippen LogP contribution in [-0.2, 0) is 19.9 Å². The molecule has 1 aliphatic heterocycles. The number of fused-ring (bicyclic) bond motifs is 3. The van der Waals surface area contributed by atoms with Crippen LogP contribution >= 0.6 is 0 Å². The van der Waals surface area contributed by atoms with Crippen molar-refractivity contribution < 1.29 is 33.6 Å². The Morgan fingerprint density at radius 1 is 0.829 bits per heavy atom. The van der Waals surface area contributed by atoms with Crippen LogP contribution in [0, 0.1) is 52.3 Å². The number of ether oxygens (including phenoxy) is 4. The molecule has 1 heterocycles. The zero-order chi connectivity index (χ0) is 50.1. The second kappa shape index (κ2) is 23.9. The number of amides is 2. The zero-order valence-electron chi connectivity index (χ0n) is 44.4. The predicted molar refractivity (Wildman–Crippen MR) is 281 cm³/mol. The number of methoxy groups -OCH3 is 2. The molecule has 9 nitrogen and oxygen atoms in total. The van der Waals surface area contributed by atoms with Gasteiger partial charge in [-0.15, -0.1) is 0 Å². The first-order valence-corrected chi connectivity index (χ1v) is 27.2. The van der Waals surface area contributed by atoms with E-state index in [1.165, 1.54) is 44.1 Å². The fraction of sp³-hybridized carbons (Fsp3) is 0.639. The maximum atomic E-state index is 13.5. The van der Waals surface area contributed by atoms with Gasteiger partial charge in [0.2, 0.25) is 5.91 Å². The number of β-amino-alcohol motifs (C(OH)–C–C–N with tert-alkyl or cyclic N) is 1. The van der Waals surface area contributed by atoms with Crippen LogP contribution in [0.25, 0.3) is 0 Å². The van der Waals surface area contributed by atoms with E-state index in [-0.39, 0.29) is 42.6 Å². The first-order chi connectivity index (χ1) is 33.7. The molecule has 0 bridgehead atoms. The van der Waals surface area contributed by atoms with Crippen molar-refractivity contribution in [3.05, 3.63) is 107 Å². The second-order valence-corrected chi connectivity index (χ2v) is 22.8. The molecule has 2 amide bonds. The number of aliphatic hydroxyl groups excluding tert-OH is 1. The van der Waals surface area contributed by atoms with Crippen molar-refractivity contribution >= 4 is 12.0 Å². The minimum atomic E-state index is -1.01. The maximum absolute atomic E-state index is 13.5. The Hall–Kier alpha value is -4.34. The third kappa shape index (κ3) is 11.8. The van der Waals surface area contributed by atoms with Crippen molar-refractivity contribution in [2.24, 2.45) is 52.3 Å². The topological polar surface area (TPSA) is 107 Å². The first-order valence-electron chi connectivity index (χ1n) is 27.2. The number of likely N-dealkylation sites (tertiary alicyclic amines) is 1. The molecule has 4 aliphatic rings. The van der Waals surface area contributed by atoms with E-state index in [9.17, 15) is 14.7 Å². The Labute approximate surface area is 421 Å². The molecule has 70 heavy (non-hydrogen) atoms. The highest BCUT2D eigenvalue weighted by atomic mass is 16.6. The highest BCUT2D eigenvalue weighted by Crippen LogP contribution is 2.63. The number of hydrogen-bond acceptors (Lipinski definition) is 7. The number of nitrogens with zero attached hydrogens (tertiary/aromatic N) is 1. The maximum Gasteiger partial charge on any atom is 0.407 e. The normalized spacial score (nSPS) is 27.5. The molecule has 384 valence electrons. The molecule has 2 N–H and O–H groups in total. The lowest BCUT2D eigenvalue weighted by Gasteiger charge is -2.60. The van der Waals surface area contributed by atoms with E-state index in [0.717, 1.165) is 90.4 Å². The van der Waals surface area contributed by atoms with Gasteiger partial charge in [0.05, 0.1) is 26.9 Å². The van der Waals surface area contributed by atoms with Crippen LogP contribution in [0.1, 0.15) is 155 Å². The summed E-state index contributed by atoms with van der Waals surface area (Å²) in [5.41, 5.74) is 3.88. The molecule has 2 saturated carbocycles. The lowest BCUT2D eigenvalue weighted by atomic mass is 9.45. The van der Waals surface area contributed by atoms with Gasteiger partial charge in [0.1, 0.15) is 23.2 Å². The SMILES string of the molecule is CC[C@H](C(C)CCCC(C)C)[C@@]1(C)CCC2C(CC=C3C[C@@H](OC(=O)NCCCCCC(=O)N4CC(O)C(COC(c5ccccc5)(c5ccc(OC)cc5)c5ccc(OC)cc5)C4)CC[C@@]32C)C1C. The van der Waals surface area contributed by atoms with E-state index in [4.69, 9.17) is 18.9 Å². The number of allylic oxidation sites excluding steroid dienone is 1. The van der Waals surface area contributed by atoms with Crippen LogP contribution in [-0.4, -0.2) is 74.7 Å². The summed E-state index contributed by atoms with van der Waals surface area (Å²) in [6.45, 7) is 18.9. The third-order valence-corrected chi connectivity index (χ3v) is 18.3. The Morgan fingerprint density at radius 2 is 1.49 bits per heavy atom. The van der Waals surface area contributed by atoms with Gasteiger partial charge in [-0.05, 0) is 132 Å². The molecule has 0 radical (unpaired) electrons. The Bertz CT molecular complexity index is 2110. The quantitative estimate of drug-likeness (QED) is 0.0587. The fourth-order valence-corrected chi connectivity index (χ4v) is 14.0. The van der Waals surface area contributed by atoms with Crippen LogP contribution in [0.4, 0.5) is 4.79 Å². The lowest BCUT2D eigenvalue weighted by Crippen LogP contribution is -2.52. The van der Waals surface area contributed by atoms with E-state index in [1.54, 1.807) is 19.1 Å². The molecule has 0 aromatic heterocycles. The monoisotopic (exact) mass is 961 g/mol. The molecule has 6 unspecified atom stereocenters. The van der Waals surface area contributed by atoms with Crippen molar-refractivity contribution in [3.63, 3.8) is 0 Å². The van der Waals surface area contributed by atoms with Crippen molar-refractivity contribution in [1.29, 1.82) is 0 Å². The summed E-state index contributed by atoms with van der Waals surface area (Å²) in [4.78, 5) is 28.3. The van der Waals surface area contributed by atoms with Crippen LogP contribution in [0.2, 0.25) is 0 Å². The summed E-state index contributed by atoms with van der Waals surface area (Å²) in [7, 11) is 3.30. The third-order valence-electron chi connectivity index (χ3n) is 18.3. The fourth-order valence-electron chi connectivity index (χ4n) is 14.0. The number of rotatable bonds is 22. The van der Waals surface area contributed by atoms with E-state index >= 15 is 0 Å². The van der Waals surface area contributed by atoms with E-state index < -0.39 is 11.7 Å². The molecule has 10 atom stereocenters. The van der Waals surface area contributed by atoms with Crippen LogP contribution in [0.15, 0.2) is 90.5 Å².